The molecular weight excluding hydrogens is 337 g/mol. The molecule has 140 valence electrons. The van der Waals surface area contributed by atoms with Gasteiger partial charge in [-0.2, -0.15) is 0 Å². The second-order valence-electron chi connectivity index (χ2n) is 6.78. The normalized spacial score (nSPS) is 18.7. The van der Waals surface area contributed by atoms with Gasteiger partial charge in [-0.05, 0) is 31.4 Å². The SMILES string of the molecule is O=C(CN1CCCCC1=O)N1CCCN(C(=O)c2ccccc2F)CC1. The average Bonchev–Trinajstić information content (AvgIpc) is 2.90. The number of likely N-dealkylation sites (tertiary alicyclic amines) is 1. The standard InChI is InChI=1S/C19H24FN3O3/c20-16-7-2-1-6-15(16)19(26)22-11-5-10-21(12-13-22)18(25)14-23-9-4-3-8-17(23)24/h1-2,6-7H,3-5,8-14H2. The summed E-state index contributed by atoms with van der Waals surface area (Å²) in [5, 5.41) is 0. The third-order valence-corrected chi connectivity index (χ3v) is 4.99. The zero-order valence-corrected chi connectivity index (χ0v) is 14.8. The molecule has 26 heavy (non-hydrogen) atoms. The van der Waals surface area contributed by atoms with Crippen LogP contribution in [0.1, 0.15) is 36.0 Å². The Hall–Kier alpha value is -2.44. The fraction of sp³-hybridized carbons (Fsp3) is 0.526. The second kappa shape index (κ2) is 8.29. The Morgan fingerprint density at radius 1 is 0.923 bits per heavy atom. The van der Waals surface area contributed by atoms with E-state index in [9.17, 15) is 18.8 Å². The summed E-state index contributed by atoms with van der Waals surface area (Å²) in [7, 11) is 0. The molecule has 0 atom stereocenters. The molecule has 2 heterocycles. The first-order valence-electron chi connectivity index (χ1n) is 9.15. The molecule has 2 aliphatic rings. The van der Waals surface area contributed by atoms with Crippen molar-refractivity contribution in [2.75, 3.05) is 39.3 Å². The monoisotopic (exact) mass is 361 g/mol. The van der Waals surface area contributed by atoms with Crippen LogP contribution in [0, 0.1) is 5.82 Å². The molecule has 0 unspecified atom stereocenters. The van der Waals surface area contributed by atoms with E-state index in [1.54, 1.807) is 26.8 Å². The van der Waals surface area contributed by atoms with Gasteiger partial charge in [0.2, 0.25) is 11.8 Å². The van der Waals surface area contributed by atoms with E-state index >= 15 is 0 Å². The van der Waals surface area contributed by atoms with Crippen molar-refractivity contribution in [3.05, 3.63) is 35.6 Å². The molecule has 0 aliphatic carbocycles. The van der Waals surface area contributed by atoms with Crippen LogP contribution in [0.4, 0.5) is 4.39 Å². The van der Waals surface area contributed by atoms with E-state index in [1.165, 1.54) is 12.1 Å². The molecule has 6 nitrogen and oxygen atoms in total. The molecule has 2 aliphatic heterocycles. The topological polar surface area (TPSA) is 60.9 Å². The molecule has 0 spiro atoms. The first kappa shape index (κ1) is 18.4. The van der Waals surface area contributed by atoms with Gasteiger partial charge in [0.25, 0.3) is 5.91 Å². The number of halogens is 1. The van der Waals surface area contributed by atoms with Gasteiger partial charge in [-0.25, -0.2) is 4.39 Å². The number of nitrogens with zero attached hydrogens (tertiary/aromatic N) is 3. The zero-order valence-electron chi connectivity index (χ0n) is 14.8. The highest BCUT2D eigenvalue weighted by Gasteiger charge is 2.27. The van der Waals surface area contributed by atoms with Gasteiger partial charge in [0.1, 0.15) is 5.82 Å². The first-order valence-corrected chi connectivity index (χ1v) is 9.15. The van der Waals surface area contributed by atoms with E-state index < -0.39 is 5.82 Å². The minimum Gasteiger partial charge on any atom is -0.339 e. The summed E-state index contributed by atoms with van der Waals surface area (Å²) in [6.45, 7) is 2.55. The summed E-state index contributed by atoms with van der Waals surface area (Å²) < 4.78 is 13.8. The maximum absolute atomic E-state index is 13.8. The molecule has 7 heteroatoms. The van der Waals surface area contributed by atoms with Crippen molar-refractivity contribution in [3.63, 3.8) is 0 Å². The molecule has 0 aromatic heterocycles. The van der Waals surface area contributed by atoms with Crippen molar-refractivity contribution in [1.82, 2.24) is 14.7 Å². The second-order valence-corrected chi connectivity index (χ2v) is 6.78. The summed E-state index contributed by atoms with van der Waals surface area (Å²) in [6.07, 6.45) is 2.97. The fourth-order valence-corrected chi connectivity index (χ4v) is 3.47. The van der Waals surface area contributed by atoms with E-state index in [1.807, 2.05) is 0 Å². The van der Waals surface area contributed by atoms with Gasteiger partial charge in [-0.1, -0.05) is 12.1 Å². The third kappa shape index (κ3) is 4.20. The Morgan fingerprint density at radius 3 is 2.42 bits per heavy atom. The van der Waals surface area contributed by atoms with Crippen LogP contribution in [0.15, 0.2) is 24.3 Å². The van der Waals surface area contributed by atoms with Gasteiger partial charge in [0, 0.05) is 39.1 Å². The molecule has 3 rings (SSSR count). The predicted molar refractivity (Wildman–Crippen MR) is 93.9 cm³/mol. The largest absolute Gasteiger partial charge is 0.339 e. The molecule has 1 aromatic carbocycles. The van der Waals surface area contributed by atoms with Crippen LogP contribution >= 0.6 is 0 Å². The van der Waals surface area contributed by atoms with Crippen LogP contribution in [0.5, 0.6) is 0 Å². The number of rotatable bonds is 3. The smallest absolute Gasteiger partial charge is 0.256 e. The molecule has 0 radical (unpaired) electrons. The minimum atomic E-state index is -0.529. The lowest BCUT2D eigenvalue weighted by Crippen LogP contribution is -2.45. The molecule has 3 amide bonds. The van der Waals surface area contributed by atoms with Gasteiger partial charge in [-0.3, -0.25) is 14.4 Å². The number of hydrogen-bond acceptors (Lipinski definition) is 3. The molecule has 0 bridgehead atoms. The Kier molecular flexibility index (Phi) is 5.85. The molecular formula is C19H24FN3O3. The van der Waals surface area contributed by atoms with E-state index in [0.29, 0.717) is 45.6 Å². The molecule has 2 fully saturated rings. The summed E-state index contributed by atoms with van der Waals surface area (Å²) in [5.41, 5.74) is 0.0613. The maximum atomic E-state index is 13.8. The molecule has 2 saturated heterocycles. The number of piperidine rings is 1. The van der Waals surface area contributed by atoms with Gasteiger partial charge in [0.05, 0.1) is 12.1 Å². The molecule has 0 N–H and O–H groups in total. The zero-order chi connectivity index (χ0) is 18.5. The van der Waals surface area contributed by atoms with Crippen molar-refractivity contribution in [2.45, 2.75) is 25.7 Å². The van der Waals surface area contributed by atoms with E-state index in [4.69, 9.17) is 0 Å². The van der Waals surface area contributed by atoms with Crippen molar-refractivity contribution >= 4 is 17.7 Å². The Balaban J connectivity index is 1.57. The number of amides is 3. The fourth-order valence-electron chi connectivity index (χ4n) is 3.47. The Labute approximate surface area is 152 Å². The quantitative estimate of drug-likeness (QED) is 0.820. The number of benzene rings is 1. The summed E-state index contributed by atoms with van der Waals surface area (Å²) in [4.78, 5) is 41.9. The summed E-state index contributed by atoms with van der Waals surface area (Å²) in [5.74, 6) is -0.918. The van der Waals surface area contributed by atoms with Gasteiger partial charge in [-0.15, -0.1) is 0 Å². The molecule has 1 aromatic rings. The van der Waals surface area contributed by atoms with Crippen molar-refractivity contribution < 1.29 is 18.8 Å². The number of carbonyl (C=O) groups excluding carboxylic acids is 3. The average molecular weight is 361 g/mol. The van der Waals surface area contributed by atoms with Gasteiger partial charge < -0.3 is 14.7 Å². The molecule has 0 saturated carbocycles. The van der Waals surface area contributed by atoms with Crippen molar-refractivity contribution in [1.29, 1.82) is 0 Å². The maximum Gasteiger partial charge on any atom is 0.256 e. The Morgan fingerprint density at radius 2 is 1.65 bits per heavy atom. The van der Waals surface area contributed by atoms with E-state index in [2.05, 4.69) is 0 Å². The number of carbonyl (C=O) groups is 3. The number of hydrogen-bond donors (Lipinski definition) is 0. The predicted octanol–water partition coefficient (Wildman–Crippen LogP) is 1.51. The lowest BCUT2D eigenvalue weighted by atomic mass is 10.1. The van der Waals surface area contributed by atoms with Gasteiger partial charge in [0.15, 0.2) is 0 Å². The van der Waals surface area contributed by atoms with Crippen LogP contribution in [-0.4, -0.2) is 71.7 Å². The highest BCUT2D eigenvalue weighted by molar-refractivity contribution is 5.94. The van der Waals surface area contributed by atoms with Crippen molar-refractivity contribution in [2.24, 2.45) is 0 Å². The summed E-state index contributed by atoms with van der Waals surface area (Å²) in [6, 6.07) is 5.94. The van der Waals surface area contributed by atoms with Crippen LogP contribution in [0.2, 0.25) is 0 Å². The Bertz CT molecular complexity index is 694. The lowest BCUT2D eigenvalue weighted by Gasteiger charge is -2.29. The van der Waals surface area contributed by atoms with Crippen LogP contribution < -0.4 is 0 Å². The highest BCUT2D eigenvalue weighted by atomic mass is 19.1. The first-order chi connectivity index (χ1) is 12.6. The highest BCUT2D eigenvalue weighted by Crippen LogP contribution is 2.14. The minimum absolute atomic E-state index is 0.0378. The van der Waals surface area contributed by atoms with E-state index in [-0.39, 0.29) is 29.8 Å². The van der Waals surface area contributed by atoms with Crippen LogP contribution in [0.25, 0.3) is 0 Å². The van der Waals surface area contributed by atoms with E-state index in [0.717, 1.165) is 12.8 Å². The lowest BCUT2D eigenvalue weighted by molar-refractivity contribution is -0.141. The van der Waals surface area contributed by atoms with Crippen LogP contribution in [0.3, 0.4) is 0 Å². The third-order valence-electron chi connectivity index (χ3n) is 4.99. The van der Waals surface area contributed by atoms with Crippen molar-refractivity contribution in [3.8, 4) is 0 Å². The van der Waals surface area contributed by atoms with Crippen LogP contribution in [-0.2, 0) is 9.59 Å². The summed E-state index contributed by atoms with van der Waals surface area (Å²) >= 11 is 0. The van der Waals surface area contributed by atoms with Gasteiger partial charge >= 0.3 is 0 Å².